The predicted octanol–water partition coefficient (Wildman–Crippen LogP) is 2.63. The van der Waals surface area contributed by atoms with Crippen LogP contribution in [0.1, 0.15) is 28.1 Å². The van der Waals surface area contributed by atoms with E-state index in [9.17, 15) is 4.79 Å². The molecule has 0 aliphatic heterocycles. The van der Waals surface area contributed by atoms with E-state index in [1.807, 2.05) is 51.3 Å². The van der Waals surface area contributed by atoms with Gasteiger partial charge in [-0.1, -0.05) is 36.0 Å². The van der Waals surface area contributed by atoms with Crippen molar-refractivity contribution in [1.82, 2.24) is 24.9 Å². The highest BCUT2D eigenvalue weighted by Crippen LogP contribution is 2.17. The average Bonchev–Trinajstić information content (AvgIpc) is 3.01. The largest absolute Gasteiger partial charge is 0.352 e. The summed E-state index contributed by atoms with van der Waals surface area (Å²) >= 11 is 1.47. The Morgan fingerprint density at radius 3 is 2.68 bits per heavy atom. The molecule has 1 amide bonds. The van der Waals surface area contributed by atoms with E-state index < -0.39 is 0 Å². The first-order chi connectivity index (χ1) is 12.0. The van der Waals surface area contributed by atoms with Gasteiger partial charge in [-0.3, -0.25) is 4.79 Å². The van der Waals surface area contributed by atoms with Gasteiger partial charge in [-0.15, -0.1) is 5.10 Å². The summed E-state index contributed by atoms with van der Waals surface area (Å²) in [6, 6.07) is 8.05. The summed E-state index contributed by atoms with van der Waals surface area (Å²) in [5, 5.41) is 8.09. The molecular formula is C18H21N5OS. The molecule has 25 heavy (non-hydrogen) atoms. The Bertz CT molecular complexity index is 935. The van der Waals surface area contributed by atoms with Crippen molar-refractivity contribution in [3.8, 4) is 0 Å². The number of thioether (sulfide) groups is 1. The lowest BCUT2D eigenvalue weighted by atomic mass is 10.1. The minimum Gasteiger partial charge on any atom is -0.352 e. The molecule has 3 rings (SSSR count). The van der Waals surface area contributed by atoms with Crippen molar-refractivity contribution in [2.24, 2.45) is 0 Å². The summed E-state index contributed by atoms with van der Waals surface area (Å²) in [7, 11) is 0. The molecule has 1 aromatic carbocycles. The number of aryl methyl sites for hydroxylation is 3. The third-order valence-electron chi connectivity index (χ3n) is 4.29. The molecule has 2 heterocycles. The molecule has 0 bridgehead atoms. The van der Waals surface area contributed by atoms with E-state index in [4.69, 9.17) is 0 Å². The lowest BCUT2D eigenvalue weighted by molar-refractivity contribution is -0.120. The molecule has 0 fully saturated rings. The van der Waals surface area contributed by atoms with Crippen molar-refractivity contribution in [2.75, 3.05) is 6.26 Å². The Balaban J connectivity index is 1.77. The Morgan fingerprint density at radius 1 is 1.20 bits per heavy atom. The normalized spacial score (nSPS) is 11.0. The molecule has 0 radical (unpaired) electrons. The van der Waals surface area contributed by atoms with Gasteiger partial charge in [-0.25, -0.2) is 9.50 Å². The monoisotopic (exact) mass is 355 g/mol. The number of nitrogens with zero attached hydrogens (tertiary/aromatic N) is 4. The van der Waals surface area contributed by atoms with Gasteiger partial charge < -0.3 is 5.32 Å². The van der Waals surface area contributed by atoms with E-state index in [1.165, 1.54) is 17.3 Å². The fraction of sp³-hybridized carbons (Fsp3) is 0.333. The second-order valence-electron chi connectivity index (χ2n) is 5.95. The molecule has 0 saturated heterocycles. The van der Waals surface area contributed by atoms with Crippen LogP contribution >= 0.6 is 11.8 Å². The molecule has 0 saturated carbocycles. The molecule has 0 atom stereocenters. The Hall–Kier alpha value is -2.41. The summed E-state index contributed by atoms with van der Waals surface area (Å²) in [6.07, 6.45) is 2.21. The molecule has 1 N–H and O–H groups in total. The smallest absolute Gasteiger partial charge is 0.253 e. The summed E-state index contributed by atoms with van der Waals surface area (Å²) in [6.45, 7) is 6.43. The van der Waals surface area contributed by atoms with Crippen LogP contribution in [0.15, 0.2) is 29.4 Å². The average molecular weight is 355 g/mol. The number of rotatable bonds is 5. The number of carbonyl (C=O) groups is 1. The maximum Gasteiger partial charge on any atom is 0.253 e. The van der Waals surface area contributed by atoms with Gasteiger partial charge >= 0.3 is 0 Å². The van der Waals surface area contributed by atoms with Crippen LogP contribution < -0.4 is 5.32 Å². The van der Waals surface area contributed by atoms with Gasteiger partial charge in [-0.05, 0) is 38.2 Å². The summed E-state index contributed by atoms with van der Waals surface area (Å²) < 4.78 is 1.71. The second kappa shape index (κ2) is 7.23. The standard InChI is InChI=1S/C18H21N5OS/c1-11-7-5-6-8-14(11)10-19-16(24)9-15-12(2)20-17-21-18(25-4)22-23(17)13(15)3/h5-8H,9-10H2,1-4H3,(H,19,24). The van der Waals surface area contributed by atoms with E-state index in [1.54, 1.807) is 4.52 Å². The van der Waals surface area contributed by atoms with Gasteiger partial charge in [0.05, 0.1) is 6.42 Å². The molecule has 0 aliphatic carbocycles. The molecule has 2 aromatic heterocycles. The first kappa shape index (κ1) is 17.4. The lowest BCUT2D eigenvalue weighted by Crippen LogP contribution is -2.26. The Labute approximate surface area is 151 Å². The molecular weight excluding hydrogens is 334 g/mol. The van der Waals surface area contributed by atoms with Crippen molar-refractivity contribution in [2.45, 2.75) is 38.9 Å². The van der Waals surface area contributed by atoms with Crippen LogP contribution in [0, 0.1) is 20.8 Å². The molecule has 0 unspecified atom stereocenters. The van der Waals surface area contributed by atoms with Gasteiger partial charge in [0.2, 0.25) is 11.1 Å². The van der Waals surface area contributed by atoms with E-state index in [0.717, 1.165) is 22.5 Å². The van der Waals surface area contributed by atoms with Crippen molar-refractivity contribution in [3.05, 3.63) is 52.3 Å². The lowest BCUT2D eigenvalue weighted by Gasteiger charge is -2.11. The summed E-state index contributed by atoms with van der Waals surface area (Å²) in [4.78, 5) is 21.3. The number of fused-ring (bicyclic) bond motifs is 1. The number of hydrogen-bond acceptors (Lipinski definition) is 5. The number of hydrogen-bond donors (Lipinski definition) is 1. The highest BCUT2D eigenvalue weighted by molar-refractivity contribution is 7.98. The van der Waals surface area contributed by atoms with Gasteiger partial charge in [0.25, 0.3) is 5.78 Å². The Morgan fingerprint density at radius 2 is 1.96 bits per heavy atom. The predicted molar refractivity (Wildman–Crippen MR) is 98.8 cm³/mol. The molecule has 3 aromatic rings. The van der Waals surface area contributed by atoms with E-state index in [0.29, 0.717) is 17.5 Å². The third kappa shape index (κ3) is 3.66. The maximum absolute atomic E-state index is 12.4. The van der Waals surface area contributed by atoms with Crippen LogP contribution in [0.4, 0.5) is 0 Å². The first-order valence-electron chi connectivity index (χ1n) is 8.07. The van der Waals surface area contributed by atoms with Crippen LogP contribution in [-0.2, 0) is 17.8 Å². The van der Waals surface area contributed by atoms with Crippen LogP contribution in [0.25, 0.3) is 5.78 Å². The van der Waals surface area contributed by atoms with Gasteiger partial charge in [0.1, 0.15) is 0 Å². The summed E-state index contributed by atoms with van der Waals surface area (Å²) in [5.41, 5.74) is 4.91. The van der Waals surface area contributed by atoms with Crippen LogP contribution in [-0.4, -0.2) is 31.7 Å². The Kier molecular flexibility index (Phi) is 5.03. The molecule has 7 heteroatoms. The van der Waals surface area contributed by atoms with E-state index in [2.05, 4.69) is 20.4 Å². The fourth-order valence-electron chi connectivity index (χ4n) is 2.76. The number of amides is 1. The van der Waals surface area contributed by atoms with Crippen molar-refractivity contribution in [3.63, 3.8) is 0 Å². The third-order valence-corrected chi connectivity index (χ3v) is 4.82. The number of benzene rings is 1. The highest BCUT2D eigenvalue weighted by atomic mass is 32.2. The zero-order valence-electron chi connectivity index (χ0n) is 14.8. The highest BCUT2D eigenvalue weighted by Gasteiger charge is 2.16. The molecule has 130 valence electrons. The number of nitrogens with one attached hydrogen (secondary N) is 1. The van der Waals surface area contributed by atoms with Gasteiger partial charge in [0.15, 0.2) is 0 Å². The van der Waals surface area contributed by atoms with Crippen LogP contribution in [0.5, 0.6) is 0 Å². The molecule has 0 spiro atoms. The number of aromatic nitrogens is 4. The summed E-state index contributed by atoms with van der Waals surface area (Å²) in [5.74, 6) is 0.546. The van der Waals surface area contributed by atoms with Crippen molar-refractivity contribution >= 4 is 23.4 Å². The minimum atomic E-state index is -0.0270. The van der Waals surface area contributed by atoms with Crippen LogP contribution in [0.3, 0.4) is 0 Å². The van der Waals surface area contributed by atoms with Crippen LogP contribution in [0.2, 0.25) is 0 Å². The fourth-order valence-corrected chi connectivity index (χ4v) is 3.09. The van der Waals surface area contributed by atoms with E-state index in [-0.39, 0.29) is 12.3 Å². The zero-order valence-corrected chi connectivity index (χ0v) is 15.6. The topological polar surface area (TPSA) is 72.2 Å². The van der Waals surface area contributed by atoms with Crippen molar-refractivity contribution in [1.29, 1.82) is 0 Å². The minimum absolute atomic E-state index is 0.0270. The van der Waals surface area contributed by atoms with E-state index >= 15 is 0 Å². The SMILES string of the molecule is CSc1nc2nc(C)c(CC(=O)NCc3ccccc3C)c(C)n2n1. The molecule has 0 aliphatic rings. The van der Waals surface area contributed by atoms with Gasteiger partial charge in [0, 0.05) is 23.5 Å². The quantitative estimate of drug-likeness (QED) is 0.712. The van der Waals surface area contributed by atoms with Gasteiger partial charge in [-0.2, -0.15) is 4.98 Å². The first-order valence-corrected chi connectivity index (χ1v) is 9.30. The zero-order chi connectivity index (χ0) is 18.0. The number of carbonyl (C=O) groups excluding carboxylic acids is 1. The second-order valence-corrected chi connectivity index (χ2v) is 6.72. The maximum atomic E-state index is 12.4. The molecule has 6 nitrogen and oxygen atoms in total. The van der Waals surface area contributed by atoms with Crippen molar-refractivity contribution < 1.29 is 4.79 Å².